The number of nitrogens with zero attached hydrogens (tertiary/aromatic N) is 2. The molecule has 2 aliphatic rings. The van der Waals surface area contributed by atoms with Crippen LogP contribution >= 0.6 is 0 Å². The maximum Gasteiger partial charge on any atom is 0.0991 e. The molecule has 0 heterocycles. The van der Waals surface area contributed by atoms with Crippen molar-refractivity contribution in [2.24, 2.45) is 11.8 Å². The molecular formula is C27H34N2O. The molecule has 30 heavy (non-hydrogen) atoms. The van der Waals surface area contributed by atoms with Crippen molar-refractivity contribution in [1.82, 2.24) is 0 Å². The first kappa shape index (κ1) is 22.3. The van der Waals surface area contributed by atoms with E-state index in [0.717, 1.165) is 24.5 Å². The minimum Gasteiger partial charge on any atom is -0.378 e. The molecule has 3 nitrogen and oxygen atoms in total. The van der Waals surface area contributed by atoms with Gasteiger partial charge < -0.3 is 4.74 Å². The summed E-state index contributed by atoms with van der Waals surface area (Å²) in [6.45, 7) is 0.934. The minimum absolute atomic E-state index is 0.464. The lowest BCUT2D eigenvalue weighted by Crippen LogP contribution is -2.25. The van der Waals surface area contributed by atoms with Crippen LogP contribution in [0.4, 0.5) is 0 Å². The number of benzene rings is 1. The molecule has 0 N–H and O–H groups in total. The molecule has 1 aromatic carbocycles. The van der Waals surface area contributed by atoms with Crippen LogP contribution in [0.25, 0.3) is 0 Å². The van der Waals surface area contributed by atoms with Crippen molar-refractivity contribution in [2.45, 2.75) is 76.2 Å². The van der Waals surface area contributed by atoms with Gasteiger partial charge in [0.25, 0.3) is 0 Å². The van der Waals surface area contributed by atoms with Gasteiger partial charge in [0.2, 0.25) is 0 Å². The van der Waals surface area contributed by atoms with Crippen LogP contribution in [-0.2, 0) is 4.74 Å². The molecular weight excluding hydrogens is 368 g/mol. The molecule has 0 unspecified atom stereocenters. The molecule has 3 rings (SSSR count). The van der Waals surface area contributed by atoms with Gasteiger partial charge in [-0.3, -0.25) is 0 Å². The highest BCUT2D eigenvalue weighted by Gasteiger charge is 2.25. The average molecular weight is 403 g/mol. The SMILES string of the molecule is N#CC=CC=CCC[C@H]1CC[C@H](OC[C@H]2CC[C@H](c3ccc(C#N)cc3)CC2)CC1. The second kappa shape index (κ2) is 12.4. The lowest BCUT2D eigenvalue weighted by Gasteiger charge is -2.32. The fourth-order valence-electron chi connectivity index (χ4n) is 4.96. The number of nitriles is 2. The van der Waals surface area contributed by atoms with E-state index in [-0.39, 0.29) is 0 Å². The standard InChI is InChI=1S/C27H34N2O/c28-19-5-3-1-2-4-6-22-11-17-27(18-12-22)30-21-24-9-15-26(16-10-24)25-13-7-23(20-29)8-14-25/h1-3,5,7-8,13-14,22,24,26-27H,4,6,9-12,15-18,21H2/t22-,24-,26-,27-. The zero-order valence-electron chi connectivity index (χ0n) is 18.0. The molecule has 2 aliphatic carbocycles. The minimum atomic E-state index is 0.464. The monoisotopic (exact) mass is 402 g/mol. The van der Waals surface area contributed by atoms with E-state index in [1.807, 2.05) is 30.4 Å². The molecule has 1 aromatic rings. The summed E-state index contributed by atoms with van der Waals surface area (Å²) < 4.78 is 6.32. The summed E-state index contributed by atoms with van der Waals surface area (Å²) in [7, 11) is 0. The molecule has 2 fully saturated rings. The Morgan fingerprint density at radius 2 is 1.57 bits per heavy atom. The lowest BCUT2D eigenvalue weighted by atomic mass is 9.79. The Kier molecular flexibility index (Phi) is 9.20. The third-order valence-corrected chi connectivity index (χ3v) is 6.88. The summed E-state index contributed by atoms with van der Waals surface area (Å²) in [5, 5.41) is 17.4. The van der Waals surface area contributed by atoms with E-state index in [1.165, 1.54) is 69.4 Å². The number of hydrogen-bond donors (Lipinski definition) is 0. The Morgan fingerprint density at radius 1 is 0.867 bits per heavy atom. The van der Waals surface area contributed by atoms with Gasteiger partial charge in [-0.25, -0.2) is 0 Å². The summed E-state index contributed by atoms with van der Waals surface area (Å²) >= 11 is 0. The maximum absolute atomic E-state index is 8.95. The van der Waals surface area contributed by atoms with E-state index >= 15 is 0 Å². The van der Waals surface area contributed by atoms with Gasteiger partial charge in [0.1, 0.15) is 0 Å². The van der Waals surface area contributed by atoms with E-state index in [4.69, 9.17) is 15.3 Å². The second-order valence-corrected chi connectivity index (χ2v) is 8.92. The predicted octanol–water partition coefficient (Wildman–Crippen LogP) is 6.82. The van der Waals surface area contributed by atoms with E-state index in [9.17, 15) is 0 Å². The van der Waals surface area contributed by atoms with Crippen LogP contribution in [0.1, 0.15) is 81.3 Å². The van der Waals surface area contributed by atoms with Gasteiger partial charge in [-0.2, -0.15) is 10.5 Å². The number of hydrogen-bond acceptors (Lipinski definition) is 3. The van der Waals surface area contributed by atoms with Crippen LogP contribution in [-0.4, -0.2) is 12.7 Å². The summed E-state index contributed by atoms with van der Waals surface area (Å²) in [6, 6.07) is 12.4. The van der Waals surface area contributed by atoms with Gasteiger partial charge in [-0.05, 0) is 99.7 Å². The van der Waals surface area contributed by atoms with Crippen LogP contribution in [0.5, 0.6) is 0 Å². The van der Waals surface area contributed by atoms with E-state index in [0.29, 0.717) is 17.9 Å². The summed E-state index contributed by atoms with van der Waals surface area (Å²) in [6.07, 6.45) is 20.3. The third-order valence-electron chi connectivity index (χ3n) is 6.88. The zero-order valence-corrected chi connectivity index (χ0v) is 18.0. The summed E-state index contributed by atoms with van der Waals surface area (Å²) in [5.41, 5.74) is 2.14. The first-order valence-electron chi connectivity index (χ1n) is 11.6. The first-order chi connectivity index (χ1) is 14.8. The molecule has 2 saturated carbocycles. The molecule has 0 saturated heterocycles. The smallest absolute Gasteiger partial charge is 0.0991 e. The summed E-state index contributed by atoms with van der Waals surface area (Å²) in [5.74, 6) is 2.19. The van der Waals surface area contributed by atoms with Crippen molar-refractivity contribution < 1.29 is 4.74 Å². The predicted molar refractivity (Wildman–Crippen MR) is 121 cm³/mol. The largest absolute Gasteiger partial charge is 0.378 e. The van der Waals surface area contributed by atoms with E-state index in [2.05, 4.69) is 24.3 Å². The van der Waals surface area contributed by atoms with Crippen molar-refractivity contribution in [2.75, 3.05) is 6.61 Å². The van der Waals surface area contributed by atoms with Crippen LogP contribution in [0.2, 0.25) is 0 Å². The lowest BCUT2D eigenvalue weighted by molar-refractivity contribution is -0.00824. The van der Waals surface area contributed by atoms with Crippen molar-refractivity contribution in [1.29, 1.82) is 10.5 Å². The normalized spacial score (nSPS) is 27.1. The molecule has 158 valence electrons. The first-order valence-corrected chi connectivity index (χ1v) is 11.6. The van der Waals surface area contributed by atoms with Crippen molar-refractivity contribution in [3.63, 3.8) is 0 Å². The molecule has 0 bridgehead atoms. The van der Waals surface area contributed by atoms with Crippen LogP contribution in [0.15, 0.2) is 48.6 Å². The average Bonchev–Trinajstić information content (AvgIpc) is 2.81. The highest BCUT2D eigenvalue weighted by atomic mass is 16.5. The van der Waals surface area contributed by atoms with Crippen molar-refractivity contribution >= 4 is 0 Å². The van der Waals surface area contributed by atoms with Gasteiger partial charge in [-0.15, -0.1) is 0 Å². The Balaban J connectivity index is 1.28. The Hall–Kier alpha value is -2.36. The molecule has 0 radical (unpaired) electrons. The highest BCUT2D eigenvalue weighted by Crippen LogP contribution is 2.37. The van der Waals surface area contributed by atoms with Crippen molar-refractivity contribution in [3.8, 4) is 12.1 Å². The number of rotatable bonds is 8. The highest BCUT2D eigenvalue weighted by molar-refractivity contribution is 5.33. The van der Waals surface area contributed by atoms with Crippen LogP contribution < -0.4 is 0 Å². The Bertz CT molecular complexity index is 765. The molecule has 0 aliphatic heterocycles. The summed E-state index contributed by atoms with van der Waals surface area (Å²) in [4.78, 5) is 0. The molecule has 0 amide bonds. The fourth-order valence-corrected chi connectivity index (χ4v) is 4.96. The van der Waals surface area contributed by atoms with Crippen LogP contribution in [0.3, 0.4) is 0 Å². The quantitative estimate of drug-likeness (QED) is 0.354. The zero-order chi connectivity index (χ0) is 21.0. The van der Waals surface area contributed by atoms with Gasteiger partial charge in [-0.1, -0.05) is 30.4 Å². The topological polar surface area (TPSA) is 56.8 Å². The van der Waals surface area contributed by atoms with Gasteiger partial charge >= 0.3 is 0 Å². The van der Waals surface area contributed by atoms with Gasteiger partial charge in [0.15, 0.2) is 0 Å². The van der Waals surface area contributed by atoms with Crippen LogP contribution in [0, 0.1) is 34.5 Å². The second-order valence-electron chi connectivity index (χ2n) is 8.92. The Labute approximate surface area is 182 Å². The third kappa shape index (κ3) is 7.16. The fraction of sp³-hybridized carbons (Fsp3) is 0.556. The van der Waals surface area contributed by atoms with E-state index < -0.39 is 0 Å². The van der Waals surface area contributed by atoms with Gasteiger partial charge in [0.05, 0.1) is 23.8 Å². The maximum atomic E-state index is 8.95. The van der Waals surface area contributed by atoms with Gasteiger partial charge in [0, 0.05) is 12.7 Å². The number of allylic oxidation sites excluding steroid dienone is 4. The number of ether oxygens (including phenoxy) is 1. The van der Waals surface area contributed by atoms with E-state index in [1.54, 1.807) is 0 Å². The molecule has 0 aromatic heterocycles. The molecule has 3 heteroatoms. The Morgan fingerprint density at radius 3 is 2.23 bits per heavy atom. The van der Waals surface area contributed by atoms with Crippen molar-refractivity contribution in [3.05, 3.63) is 59.7 Å². The molecule has 0 atom stereocenters. The molecule has 0 spiro atoms.